The predicted octanol–water partition coefficient (Wildman–Crippen LogP) is 1.40. The molecule has 0 spiro atoms. The Bertz CT molecular complexity index is 1200. The molecule has 1 unspecified atom stereocenters. The topological polar surface area (TPSA) is 117 Å². The molecule has 9 heteroatoms. The molecule has 2 aliphatic heterocycles. The molecule has 3 aromatic rings. The van der Waals surface area contributed by atoms with E-state index >= 15 is 0 Å². The number of phenols is 1. The number of phenolic OH excluding ortho intramolecular Hbond substituents is 1. The number of fused-ring (bicyclic) bond motifs is 1. The summed E-state index contributed by atoms with van der Waals surface area (Å²) in [6.07, 6.45) is 2.24. The van der Waals surface area contributed by atoms with Gasteiger partial charge in [0.05, 0.1) is 11.9 Å². The Morgan fingerprint density at radius 3 is 2.70 bits per heavy atom. The third kappa shape index (κ3) is 2.91. The SMILES string of the molecule is O=C1CCC(N2Cc3cc(-n4cc(-c5ccccc5O)nn4)ccc3C2=O)C(=O)N1. The zero-order valence-electron chi connectivity index (χ0n) is 15.8. The lowest BCUT2D eigenvalue weighted by Gasteiger charge is -2.29. The Morgan fingerprint density at radius 2 is 1.90 bits per heavy atom. The van der Waals surface area contributed by atoms with Crippen molar-refractivity contribution in [2.45, 2.75) is 25.4 Å². The van der Waals surface area contributed by atoms with Crippen LogP contribution in [-0.2, 0) is 16.1 Å². The fraction of sp³-hybridized carbons (Fsp3) is 0.190. The highest BCUT2D eigenvalue weighted by molar-refractivity contribution is 6.05. The van der Waals surface area contributed by atoms with Gasteiger partial charge in [-0.1, -0.05) is 17.3 Å². The van der Waals surface area contributed by atoms with Gasteiger partial charge in [0, 0.05) is 24.1 Å². The number of aromatic hydroxyl groups is 1. The van der Waals surface area contributed by atoms with Gasteiger partial charge >= 0.3 is 0 Å². The highest BCUT2D eigenvalue weighted by Crippen LogP contribution is 2.30. The van der Waals surface area contributed by atoms with Crippen LogP contribution >= 0.6 is 0 Å². The monoisotopic (exact) mass is 403 g/mol. The summed E-state index contributed by atoms with van der Waals surface area (Å²) in [7, 11) is 0. The van der Waals surface area contributed by atoms with Gasteiger partial charge < -0.3 is 10.0 Å². The van der Waals surface area contributed by atoms with Crippen LogP contribution in [0.2, 0.25) is 0 Å². The number of imide groups is 1. The smallest absolute Gasteiger partial charge is 0.255 e. The maximum atomic E-state index is 12.8. The average Bonchev–Trinajstić information content (AvgIpc) is 3.34. The predicted molar refractivity (Wildman–Crippen MR) is 105 cm³/mol. The third-order valence-electron chi connectivity index (χ3n) is 5.45. The number of hydrogen-bond donors (Lipinski definition) is 2. The molecule has 9 nitrogen and oxygen atoms in total. The van der Waals surface area contributed by atoms with Crippen molar-refractivity contribution in [3.8, 4) is 22.7 Å². The number of nitrogens with zero attached hydrogens (tertiary/aromatic N) is 4. The molecule has 0 saturated carbocycles. The molecule has 2 aromatic carbocycles. The minimum Gasteiger partial charge on any atom is -0.507 e. The highest BCUT2D eigenvalue weighted by atomic mass is 16.3. The number of hydrogen-bond acceptors (Lipinski definition) is 6. The summed E-state index contributed by atoms with van der Waals surface area (Å²) in [5.41, 5.74) is 3.12. The summed E-state index contributed by atoms with van der Waals surface area (Å²) in [5, 5.41) is 20.6. The third-order valence-corrected chi connectivity index (χ3v) is 5.45. The van der Waals surface area contributed by atoms with Crippen LogP contribution < -0.4 is 5.32 Å². The molecule has 1 saturated heterocycles. The van der Waals surface area contributed by atoms with E-state index in [1.54, 1.807) is 47.3 Å². The lowest BCUT2D eigenvalue weighted by atomic mass is 10.0. The molecular formula is C21H17N5O4. The largest absolute Gasteiger partial charge is 0.507 e. The van der Waals surface area contributed by atoms with Crippen LogP contribution in [0.5, 0.6) is 5.75 Å². The first-order valence-electron chi connectivity index (χ1n) is 9.50. The van der Waals surface area contributed by atoms with Crippen LogP contribution in [0.15, 0.2) is 48.7 Å². The van der Waals surface area contributed by atoms with Crippen LogP contribution in [0.3, 0.4) is 0 Å². The maximum Gasteiger partial charge on any atom is 0.255 e. The van der Waals surface area contributed by atoms with Crippen LogP contribution in [-0.4, -0.2) is 48.8 Å². The number of benzene rings is 2. The quantitative estimate of drug-likeness (QED) is 0.639. The van der Waals surface area contributed by atoms with Gasteiger partial charge in [-0.2, -0.15) is 0 Å². The molecule has 150 valence electrons. The van der Waals surface area contributed by atoms with Gasteiger partial charge in [-0.05, 0) is 42.3 Å². The number of aromatic nitrogens is 3. The highest BCUT2D eigenvalue weighted by Gasteiger charge is 2.39. The fourth-order valence-corrected chi connectivity index (χ4v) is 3.91. The molecule has 0 aliphatic carbocycles. The number of rotatable bonds is 3. The second-order valence-electron chi connectivity index (χ2n) is 7.31. The molecule has 3 heterocycles. The molecule has 0 radical (unpaired) electrons. The lowest BCUT2D eigenvalue weighted by molar-refractivity contribution is -0.136. The molecule has 5 rings (SSSR count). The van der Waals surface area contributed by atoms with Crippen LogP contribution in [0.4, 0.5) is 0 Å². The van der Waals surface area contributed by atoms with E-state index in [0.717, 1.165) is 5.56 Å². The number of carbonyl (C=O) groups excluding carboxylic acids is 3. The van der Waals surface area contributed by atoms with E-state index in [2.05, 4.69) is 15.6 Å². The minimum absolute atomic E-state index is 0.115. The van der Waals surface area contributed by atoms with E-state index < -0.39 is 11.9 Å². The minimum atomic E-state index is -0.648. The molecule has 1 fully saturated rings. The van der Waals surface area contributed by atoms with Crippen molar-refractivity contribution < 1.29 is 19.5 Å². The van der Waals surface area contributed by atoms with Gasteiger partial charge in [-0.25, -0.2) is 4.68 Å². The zero-order chi connectivity index (χ0) is 20.8. The van der Waals surface area contributed by atoms with Gasteiger partial charge in [0.1, 0.15) is 17.5 Å². The fourth-order valence-electron chi connectivity index (χ4n) is 3.91. The number of para-hydroxylation sites is 1. The van der Waals surface area contributed by atoms with Gasteiger partial charge in [0.25, 0.3) is 5.91 Å². The zero-order valence-corrected chi connectivity index (χ0v) is 15.8. The summed E-state index contributed by atoms with van der Waals surface area (Å²) in [6.45, 7) is 0.287. The van der Waals surface area contributed by atoms with Gasteiger partial charge in [0.15, 0.2) is 0 Å². The number of nitrogens with one attached hydrogen (secondary N) is 1. The Kier molecular flexibility index (Phi) is 4.09. The van der Waals surface area contributed by atoms with Crippen molar-refractivity contribution in [2.75, 3.05) is 0 Å². The molecule has 2 N–H and O–H groups in total. The van der Waals surface area contributed by atoms with Crippen LogP contribution in [0.1, 0.15) is 28.8 Å². The van der Waals surface area contributed by atoms with E-state index in [9.17, 15) is 19.5 Å². The second-order valence-corrected chi connectivity index (χ2v) is 7.31. The normalized spacial score (nSPS) is 18.5. The van der Waals surface area contributed by atoms with Crippen molar-refractivity contribution in [3.63, 3.8) is 0 Å². The van der Waals surface area contributed by atoms with Crippen LogP contribution in [0, 0.1) is 0 Å². The molecule has 1 atom stereocenters. The van der Waals surface area contributed by atoms with E-state index in [1.807, 2.05) is 6.07 Å². The van der Waals surface area contributed by atoms with E-state index in [-0.39, 0.29) is 30.5 Å². The Balaban J connectivity index is 1.42. The first-order chi connectivity index (χ1) is 14.5. The average molecular weight is 403 g/mol. The molecule has 2 aliphatic rings. The second kappa shape index (κ2) is 6.80. The first-order valence-corrected chi connectivity index (χ1v) is 9.50. The van der Waals surface area contributed by atoms with Gasteiger partial charge in [0.2, 0.25) is 11.8 Å². The summed E-state index contributed by atoms with van der Waals surface area (Å²) < 4.78 is 1.57. The van der Waals surface area contributed by atoms with Gasteiger partial charge in [-0.15, -0.1) is 5.10 Å². The van der Waals surface area contributed by atoms with E-state index in [4.69, 9.17) is 0 Å². The summed E-state index contributed by atoms with van der Waals surface area (Å²) >= 11 is 0. The van der Waals surface area contributed by atoms with E-state index in [0.29, 0.717) is 28.9 Å². The van der Waals surface area contributed by atoms with Crippen molar-refractivity contribution in [1.29, 1.82) is 0 Å². The molecule has 1 aromatic heterocycles. The molecule has 0 bridgehead atoms. The molecule has 30 heavy (non-hydrogen) atoms. The number of piperidine rings is 1. The van der Waals surface area contributed by atoms with Crippen LogP contribution in [0.25, 0.3) is 16.9 Å². The van der Waals surface area contributed by atoms with Crippen molar-refractivity contribution in [2.24, 2.45) is 0 Å². The standard InChI is InChI=1S/C21H17N5O4/c27-18-4-2-1-3-15(18)16-11-26(24-23-16)13-5-6-14-12(9-13)10-25(21(14)30)17-7-8-19(28)22-20(17)29/h1-6,9,11,17,27H,7-8,10H2,(H,22,28,29). The Labute approximate surface area is 170 Å². The summed E-state index contributed by atoms with van der Waals surface area (Å²) in [5.74, 6) is -0.853. The van der Waals surface area contributed by atoms with E-state index in [1.165, 1.54) is 4.90 Å². The maximum absolute atomic E-state index is 12.8. The summed E-state index contributed by atoms with van der Waals surface area (Å²) in [4.78, 5) is 37.9. The Hall–Kier alpha value is -4.01. The lowest BCUT2D eigenvalue weighted by Crippen LogP contribution is -2.52. The van der Waals surface area contributed by atoms with Crippen molar-refractivity contribution in [1.82, 2.24) is 25.2 Å². The van der Waals surface area contributed by atoms with Gasteiger partial charge in [-0.3, -0.25) is 19.7 Å². The number of carbonyl (C=O) groups is 3. The summed E-state index contributed by atoms with van der Waals surface area (Å²) in [6, 6.07) is 11.5. The van der Waals surface area contributed by atoms with Crippen molar-refractivity contribution in [3.05, 3.63) is 59.8 Å². The first kappa shape index (κ1) is 18.0. The molecule has 3 amide bonds. The van der Waals surface area contributed by atoms with Crippen molar-refractivity contribution >= 4 is 17.7 Å². The Morgan fingerprint density at radius 1 is 1.07 bits per heavy atom. The molecular weight excluding hydrogens is 386 g/mol. The number of amides is 3.